The Morgan fingerprint density at radius 1 is 0.913 bits per heavy atom. The highest BCUT2D eigenvalue weighted by Gasteiger charge is 2.03. The van der Waals surface area contributed by atoms with Gasteiger partial charge in [-0.05, 0) is 36.4 Å². The lowest BCUT2D eigenvalue weighted by atomic mass is 10.3. The summed E-state index contributed by atoms with van der Waals surface area (Å²) >= 11 is 0. The molecule has 2 aromatic carbocycles. The topological polar surface area (TPSA) is 50.8 Å². The average molecular weight is 314 g/mol. The highest BCUT2D eigenvalue weighted by atomic mass is 16.5. The van der Waals surface area contributed by atoms with E-state index in [2.05, 4.69) is 5.32 Å². The summed E-state index contributed by atoms with van der Waals surface area (Å²) in [5.41, 5.74) is 0.882. The number of hydrogen-bond acceptors (Lipinski definition) is 4. The summed E-state index contributed by atoms with van der Waals surface area (Å²) in [7, 11) is 3.47. The van der Waals surface area contributed by atoms with Crippen LogP contribution < -0.4 is 14.8 Å². The SMILES string of the molecule is CN(C)C(=O)CNc1ccc(OCCOc2ccccc2)cc1. The van der Waals surface area contributed by atoms with Crippen molar-refractivity contribution in [3.63, 3.8) is 0 Å². The molecule has 5 nitrogen and oxygen atoms in total. The smallest absolute Gasteiger partial charge is 0.241 e. The Kier molecular flexibility index (Phi) is 6.29. The molecule has 2 rings (SSSR count). The molecule has 0 saturated carbocycles. The van der Waals surface area contributed by atoms with E-state index in [-0.39, 0.29) is 12.5 Å². The Balaban J connectivity index is 1.69. The molecule has 0 fully saturated rings. The lowest BCUT2D eigenvalue weighted by Crippen LogP contribution is -2.28. The van der Waals surface area contributed by atoms with E-state index in [1.807, 2.05) is 54.6 Å². The second-order valence-electron chi connectivity index (χ2n) is 5.18. The van der Waals surface area contributed by atoms with E-state index in [0.29, 0.717) is 13.2 Å². The monoisotopic (exact) mass is 314 g/mol. The average Bonchev–Trinajstić information content (AvgIpc) is 2.58. The molecule has 122 valence electrons. The van der Waals surface area contributed by atoms with Gasteiger partial charge in [0.15, 0.2) is 0 Å². The fraction of sp³-hybridized carbons (Fsp3) is 0.278. The summed E-state index contributed by atoms with van der Waals surface area (Å²) in [6.45, 7) is 1.24. The first-order valence-corrected chi connectivity index (χ1v) is 7.50. The van der Waals surface area contributed by atoms with Crippen molar-refractivity contribution in [1.82, 2.24) is 4.90 Å². The standard InChI is InChI=1S/C18H22N2O3/c1-20(2)18(21)14-19-15-8-10-17(11-9-15)23-13-12-22-16-6-4-3-5-7-16/h3-11,19H,12-14H2,1-2H3. The van der Waals surface area contributed by atoms with Crippen LogP contribution in [0.25, 0.3) is 0 Å². The van der Waals surface area contributed by atoms with E-state index in [1.165, 1.54) is 0 Å². The summed E-state index contributed by atoms with van der Waals surface area (Å²) in [6, 6.07) is 17.1. The van der Waals surface area contributed by atoms with Gasteiger partial charge in [0.25, 0.3) is 0 Å². The van der Waals surface area contributed by atoms with Gasteiger partial charge in [-0.2, -0.15) is 0 Å². The lowest BCUT2D eigenvalue weighted by molar-refractivity contribution is -0.126. The van der Waals surface area contributed by atoms with Crippen molar-refractivity contribution in [2.45, 2.75) is 0 Å². The summed E-state index contributed by atoms with van der Waals surface area (Å²) in [6.07, 6.45) is 0. The summed E-state index contributed by atoms with van der Waals surface area (Å²) in [5, 5.41) is 3.07. The van der Waals surface area contributed by atoms with Crippen LogP contribution in [0.1, 0.15) is 0 Å². The maximum Gasteiger partial charge on any atom is 0.241 e. The minimum atomic E-state index is 0.0309. The number of nitrogens with one attached hydrogen (secondary N) is 1. The van der Waals surface area contributed by atoms with E-state index in [9.17, 15) is 4.79 Å². The quantitative estimate of drug-likeness (QED) is 0.761. The minimum Gasteiger partial charge on any atom is -0.490 e. The van der Waals surface area contributed by atoms with Crippen molar-refractivity contribution in [2.24, 2.45) is 0 Å². The zero-order valence-electron chi connectivity index (χ0n) is 13.5. The molecule has 0 atom stereocenters. The molecule has 1 N–H and O–H groups in total. The number of carbonyl (C=O) groups is 1. The Morgan fingerprint density at radius 3 is 2.04 bits per heavy atom. The predicted molar refractivity (Wildman–Crippen MR) is 91.1 cm³/mol. The van der Waals surface area contributed by atoms with Gasteiger partial charge in [0, 0.05) is 19.8 Å². The van der Waals surface area contributed by atoms with Crippen molar-refractivity contribution in [1.29, 1.82) is 0 Å². The molecule has 0 bridgehead atoms. The number of hydrogen-bond donors (Lipinski definition) is 1. The highest BCUT2D eigenvalue weighted by molar-refractivity contribution is 5.80. The van der Waals surface area contributed by atoms with E-state index >= 15 is 0 Å². The molecule has 2 aromatic rings. The molecule has 1 amide bonds. The normalized spacial score (nSPS) is 10.0. The molecule has 0 aliphatic carbocycles. The molecule has 0 aromatic heterocycles. The number of carbonyl (C=O) groups excluding carboxylic acids is 1. The van der Waals surface area contributed by atoms with E-state index in [4.69, 9.17) is 9.47 Å². The number of nitrogens with zero attached hydrogens (tertiary/aromatic N) is 1. The zero-order valence-corrected chi connectivity index (χ0v) is 13.5. The Labute approximate surface area is 136 Å². The predicted octanol–water partition coefficient (Wildman–Crippen LogP) is 2.64. The van der Waals surface area contributed by atoms with Crippen LogP contribution in [0.5, 0.6) is 11.5 Å². The third kappa shape index (κ3) is 5.90. The van der Waals surface area contributed by atoms with E-state index in [0.717, 1.165) is 17.2 Å². The van der Waals surface area contributed by atoms with Gasteiger partial charge in [-0.25, -0.2) is 0 Å². The van der Waals surface area contributed by atoms with Crippen LogP contribution >= 0.6 is 0 Å². The number of likely N-dealkylation sites (N-methyl/N-ethyl adjacent to an activating group) is 1. The van der Waals surface area contributed by atoms with E-state index < -0.39 is 0 Å². The van der Waals surface area contributed by atoms with E-state index in [1.54, 1.807) is 19.0 Å². The molecule has 23 heavy (non-hydrogen) atoms. The molecule has 0 spiro atoms. The maximum absolute atomic E-state index is 11.5. The van der Waals surface area contributed by atoms with Gasteiger partial charge in [0.1, 0.15) is 24.7 Å². The minimum absolute atomic E-state index is 0.0309. The molecule has 0 saturated heterocycles. The molecular formula is C18H22N2O3. The van der Waals surface area contributed by atoms with Crippen molar-refractivity contribution >= 4 is 11.6 Å². The van der Waals surface area contributed by atoms with Crippen molar-refractivity contribution < 1.29 is 14.3 Å². The van der Waals surface area contributed by atoms with Crippen LogP contribution in [0.15, 0.2) is 54.6 Å². The Hall–Kier alpha value is -2.69. The third-order valence-electron chi connectivity index (χ3n) is 3.16. The van der Waals surface area contributed by atoms with Crippen LogP contribution in [-0.4, -0.2) is 44.7 Å². The van der Waals surface area contributed by atoms with Gasteiger partial charge in [0.2, 0.25) is 5.91 Å². The third-order valence-corrected chi connectivity index (χ3v) is 3.16. The van der Waals surface area contributed by atoms with Crippen molar-refractivity contribution in [3.8, 4) is 11.5 Å². The van der Waals surface area contributed by atoms with Crippen LogP contribution in [0.3, 0.4) is 0 Å². The van der Waals surface area contributed by atoms with Crippen LogP contribution in [0.2, 0.25) is 0 Å². The fourth-order valence-electron chi connectivity index (χ4n) is 1.84. The summed E-state index contributed by atoms with van der Waals surface area (Å²) < 4.78 is 11.2. The number of ether oxygens (including phenoxy) is 2. The van der Waals surface area contributed by atoms with Gasteiger partial charge in [0.05, 0.1) is 6.54 Å². The van der Waals surface area contributed by atoms with Gasteiger partial charge >= 0.3 is 0 Å². The number of anilines is 1. The van der Waals surface area contributed by atoms with Crippen molar-refractivity contribution in [2.75, 3.05) is 39.2 Å². The van der Waals surface area contributed by atoms with Crippen LogP contribution in [0, 0.1) is 0 Å². The first-order chi connectivity index (χ1) is 11.1. The largest absolute Gasteiger partial charge is 0.490 e. The second-order valence-corrected chi connectivity index (χ2v) is 5.18. The second kappa shape index (κ2) is 8.68. The fourth-order valence-corrected chi connectivity index (χ4v) is 1.84. The zero-order chi connectivity index (χ0) is 16.5. The number of para-hydroxylation sites is 1. The molecular weight excluding hydrogens is 292 g/mol. The molecule has 0 radical (unpaired) electrons. The Bertz CT molecular complexity index is 597. The molecule has 0 aliphatic heterocycles. The van der Waals surface area contributed by atoms with Gasteiger partial charge in [-0.3, -0.25) is 4.79 Å². The molecule has 0 heterocycles. The number of rotatable bonds is 8. The molecule has 0 unspecified atom stereocenters. The first-order valence-electron chi connectivity index (χ1n) is 7.50. The lowest BCUT2D eigenvalue weighted by Gasteiger charge is -2.12. The Morgan fingerprint density at radius 2 is 1.48 bits per heavy atom. The summed E-state index contributed by atoms with van der Waals surface area (Å²) in [4.78, 5) is 13.1. The van der Waals surface area contributed by atoms with Gasteiger partial charge in [-0.1, -0.05) is 18.2 Å². The first kappa shape index (κ1) is 16.7. The highest BCUT2D eigenvalue weighted by Crippen LogP contribution is 2.15. The van der Waals surface area contributed by atoms with Gasteiger partial charge in [-0.15, -0.1) is 0 Å². The molecule has 0 aliphatic rings. The van der Waals surface area contributed by atoms with Crippen molar-refractivity contribution in [3.05, 3.63) is 54.6 Å². The number of amides is 1. The maximum atomic E-state index is 11.5. The van der Waals surface area contributed by atoms with Gasteiger partial charge < -0.3 is 19.7 Å². The summed E-state index contributed by atoms with van der Waals surface area (Å²) in [5.74, 6) is 1.63. The van der Waals surface area contributed by atoms with Crippen LogP contribution in [-0.2, 0) is 4.79 Å². The number of benzene rings is 2. The van der Waals surface area contributed by atoms with Crippen LogP contribution in [0.4, 0.5) is 5.69 Å². The molecule has 5 heteroatoms.